The van der Waals surface area contributed by atoms with E-state index in [1.54, 1.807) is 11.8 Å². The Morgan fingerprint density at radius 2 is 2.42 bits per heavy atom. The summed E-state index contributed by atoms with van der Waals surface area (Å²) < 4.78 is 5.47. The summed E-state index contributed by atoms with van der Waals surface area (Å²) in [4.78, 5) is 4.15. The molecule has 1 aliphatic heterocycles. The summed E-state index contributed by atoms with van der Waals surface area (Å²) in [5, 5.41) is 0.712. The number of nitrogens with zero attached hydrogens (tertiary/aromatic N) is 1. The molecular weight excluding hydrogens is 230 g/mol. The van der Waals surface area contributed by atoms with E-state index in [0.29, 0.717) is 5.23 Å². The van der Waals surface area contributed by atoms with E-state index in [1.807, 2.05) is 0 Å². The Morgan fingerprint density at radius 3 is 2.92 bits per heavy atom. The predicted molar refractivity (Wildman–Crippen MR) is 63.1 cm³/mol. The van der Waals surface area contributed by atoms with E-state index in [9.17, 15) is 0 Å². The van der Waals surface area contributed by atoms with Crippen LogP contribution in [-0.4, -0.2) is 23.3 Å². The highest BCUT2D eigenvalue weighted by Crippen LogP contribution is 2.15. The van der Waals surface area contributed by atoms with Crippen LogP contribution in [0.3, 0.4) is 0 Å². The molecule has 0 bridgehead atoms. The topological polar surface area (TPSA) is 21.6 Å². The van der Waals surface area contributed by atoms with Crippen molar-refractivity contribution in [2.45, 2.75) is 13.3 Å². The van der Waals surface area contributed by atoms with Gasteiger partial charge in [-0.15, -0.1) is 0 Å². The third-order valence-electron chi connectivity index (χ3n) is 1.21. The van der Waals surface area contributed by atoms with Gasteiger partial charge in [0, 0.05) is 11.5 Å². The van der Waals surface area contributed by atoms with Gasteiger partial charge in [0.15, 0.2) is 0 Å². The third kappa shape index (κ3) is 3.55. The van der Waals surface area contributed by atoms with Gasteiger partial charge in [0.1, 0.15) is 0 Å². The van der Waals surface area contributed by atoms with Crippen LogP contribution in [0.2, 0.25) is 0 Å². The van der Waals surface area contributed by atoms with Gasteiger partial charge >= 0.3 is 0 Å². The van der Waals surface area contributed by atoms with Crippen LogP contribution >= 0.6 is 11.8 Å². The molecule has 2 nitrogen and oxygen atoms in total. The van der Waals surface area contributed by atoms with Crippen LogP contribution in [-0.2, 0) is 34.0 Å². The first-order chi connectivity index (χ1) is 5.64. The van der Waals surface area contributed by atoms with E-state index in [4.69, 9.17) is 26.6 Å². The Labute approximate surface area is 87.2 Å². The maximum Gasteiger partial charge on any atom is 0.259 e. The largest absolute Gasteiger partial charge is 0.396 e. The van der Waals surface area contributed by atoms with Crippen molar-refractivity contribution in [3.63, 3.8) is 0 Å². The molecule has 0 amide bonds. The fourth-order valence-corrected chi connectivity index (χ4v) is 4.35. The first-order valence-corrected chi connectivity index (χ1v) is 8.30. The van der Waals surface area contributed by atoms with Gasteiger partial charge in [-0.1, -0.05) is 18.7 Å². The van der Waals surface area contributed by atoms with Gasteiger partial charge in [0.05, 0.1) is 14.0 Å². The van der Waals surface area contributed by atoms with Crippen LogP contribution in [0.4, 0.5) is 0 Å². The van der Waals surface area contributed by atoms with Crippen LogP contribution in [0.5, 0.6) is 0 Å². The summed E-state index contributed by atoms with van der Waals surface area (Å²) >= 11 is 11.9. The zero-order valence-electron chi connectivity index (χ0n) is 6.82. The Hall–Kier alpha value is 0.610. The number of rotatable bonds is 3. The second-order valence-corrected chi connectivity index (χ2v) is 8.94. The van der Waals surface area contributed by atoms with Crippen LogP contribution < -0.4 is 0 Å². The zero-order chi connectivity index (χ0) is 9.03. The molecule has 0 unspecified atom stereocenters. The monoisotopic (exact) mass is 241 g/mol. The molecule has 1 aliphatic rings. The van der Waals surface area contributed by atoms with Gasteiger partial charge in [-0.3, -0.25) is 0 Å². The molecule has 6 heteroatoms. The minimum absolute atomic E-state index is 0.712. The lowest BCUT2D eigenvalue weighted by atomic mass is 10.6. The van der Waals surface area contributed by atoms with Crippen LogP contribution in [0, 0.1) is 0 Å². The molecule has 0 aromatic carbocycles. The summed E-state index contributed by atoms with van der Waals surface area (Å²) in [6.45, 7) is 2.90. The molecule has 0 atom stereocenters. The van der Waals surface area contributed by atoms with E-state index in [1.165, 1.54) is 0 Å². The normalized spacial score (nSPS) is 17.6. The molecule has 12 heavy (non-hydrogen) atoms. The maximum atomic E-state index is 5.47. The Morgan fingerprint density at radius 1 is 1.67 bits per heavy atom. The minimum atomic E-state index is -1.70. The highest BCUT2D eigenvalue weighted by atomic mass is 33.1. The van der Waals surface area contributed by atoms with E-state index in [-0.39, 0.29) is 0 Å². The van der Waals surface area contributed by atoms with Gasteiger partial charge < -0.3 is 4.18 Å². The number of hydrogen-bond acceptors (Lipinski definition) is 5. The lowest BCUT2D eigenvalue weighted by Crippen LogP contribution is -2.10. The number of thioether (sulfide) groups is 1. The molecule has 0 aliphatic carbocycles. The van der Waals surface area contributed by atoms with Crippen molar-refractivity contribution in [1.82, 2.24) is 0 Å². The molecule has 0 radical (unpaired) electrons. The van der Waals surface area contributed by atoms with Crippen molar-refractivity contribution in [3.8, 4) is 0 Å². The molecule has 1 heterocycles. The lowest BCUT2D eigenvalue weighted by molar-refractivity contribution is 0.652. The molecule has 0 fully saturated rings. The molecule has 0 spiro atoms. The summed E-state index contributed by atoms with van der Waals surface area (Å²) in [5.41, 5.74) is 0. The maximum absolute atomic E-state index is 5.47. The average molecular weight is 241 g/mol. The van der Waals surface area contributed by atoms with Crippen molar-refractivity contribution >= 4 is 46.8 Å². The highest BCUT2D eigenvalue weighted by molar-refractivity contribution is 8.54. The SMILES string of the molecule is CCCS(=S)(=S)OC1=NCCS1. The quantitative estimate of drug-likeness (QED) is 0.746. The van der Waals surface area contributed by atoms with Gasteiger partial charge in [0.25, 0.3) is 5.23 Å². The standard InChI is InChI=1S/C6H11NOS4/c1-2-5-12(9,10)8-6-7-3-4-11-6/h2-5H2,1H3. The van der Waals surface area contributed by atoms with E-state index >= 15 is 0 Å². The smallest absolute Gasteiger partial charge is 0.259 e. The molecule has 70 valence electrons. The highest BCUT2D eigenvalue weighted by Gasteiger charge is 2.12. The summed E-state index contributed by atoms with van der Waals surface area (Å²) in [6.07, 6.45) is 0.986. The summed E-state index contributed by atoms with van der Waals surface area (Å²) in [7, 11) is -1.70. The van der Waals surface area contributed by atoms with Crippen LogP contribution in [0.15, 0.2) is 4.99 Å². The van der Waals surface area contributed by atoms with Crippen molar-refractivity contribution in [1.29, 1.82) is 0 Å². The molecular formula is C6H11NOS4. The first kappa shape index (κ1) is 10.7. The molecule has 0 N–H and O–H groups in total. The molecule has 0 aromatic rings. The molecule has 0 aromatic heterocycles. The Balaban J connectivity index is 2.49. The lowest BCUT2D eigenvalue weighted by Gasteiger charge is -2.09. The van der Waals surface area contributed by atoms with Crippen LogP contribution in [0.1, 0.15) is 13.3 Å². The van der Waals surface area contributed by atoms with Crippen molar-refractivity contribution < 1.29 is 4.18 Å². The first-order valence-electron chi connectivity index (χ1n) is 3.73. The van der Waals surface area contributed by atoms with Gasteiger partial charge in [-0.25, -0.2) is 4.99 Å². The second kappa shape index (κ2) is 4.74. The number of aliphatic imine (C=N–C) groups is 1. The van der Waals surface area contributed by atoms with Gasteiger partial charge in [0.2, 0.25) is 0 Å². The van der Waals surface area contributed by atoms with Gasteiger partial charge in [-0.05, 0) is 28.8 Å². The Kier molecular flexibility index (Phi) is 4.22. The molecule has 1 rings (SSSR count). The zero-order valence-corrected chi connectivity index (χ0v) is 10.1. The average Bonchev–Trinajstić information content (AvgIpc) is 2.38. The van der Waals surface area contributed by atoms with Gasteiger partial charge in [-0.2, -0.15) is 0 Å². The third-order valence-corrected chi connectivity index (χ3v) is 4.89. The molecule has 0 saturated heterocycles. The van der Waals surface area contributed by atoms with E-state index in [2.05, 4.69) is 11.9 Å². The summed E-state index contributed by atoms with van der Waals surface area (Å²) in [5.74, 6) is 1.80. The summed E-state index contributed by atoms with van der Waals surface area (Å²) in [6, 6.07) is 0. The second-order valence-electron chi connectivity index (χ2n) is 2.34. The van der Waals surface area contributed by atoms with E-state index < -0.39 is 7.43 Å². The molecule has 0 saturated carbocycles. The minimum Gasteiger partial charge on any atom is -0.396 e. The fraction of sp³-hybridized carbons (Fsp3) is 0.833. The number of hydrogen-bond donors (Lipinski definition) is 0. The fourth-order valence-electron chi connectivity index (χ4n) is 0.766. The Bertz CT molecular complexity index is 269. The predicted octanol–water partition coefficient (Wildman–Crippen LogP) is 1.51. The van der Waals surface area contributed by atoms with Crippen molar-refractivity contribution in [2.75, 3.05) is 18.1 Å². The van der Waals surface area contributed by atoms with Crippen molar-refractivity contribution in [3.05, 3.63) is 0 Å². The van der Waals surface area contributed by atoms with Crippen LogP contribution in [0.25, 0.3) is 0 Å². The van der Waals surface area contributed by atoms with E-state index in [0.717, 1.165) is 24.5 Å². The van der Waals surface area contributed by atoms with Crippen molar-refractivity contribution in [2.24, 2.45) is 4.99 Å².